The molecule has 0 aliphatic heterocycles. The molecule has 0 atom stereocenters. The standard InChI is InChI=1S/C12H11FN2O2/c1-8-6-9(15-17-8)7-12(16)14-11-5-3-2-4-10(11)13/h2-6H,7H2,1H3,(H,14,16). The number of amides is 1. The van der Waals surface area contributed by atoms with Crippen LogP contribution in [0.3, 0.4) is 0 Å². The lowest BCUT2D eigenvalue weighted by Gasteiger charge is -2.04. The zero-order chi connectivity index (χ0) is 12.3. The molecule has 0 aliphatic carbocycles. The van der Waals surface area contributed by atoms with Crippen molar-refractivity contribution in [3.05, 3.63) is 47.6 Å². The third-order valence-electron chi connectivity index (χ3n) is 2.17. The lowest BCUT2D eigenvalue weighted by atomic mass is 10.2. The number of anilines is 1. The Morgan fingerprint density at radius 1 is 1.47 bits per heavy atom. The first-order valence-corrected chi connectivity index (χ1v) is 5.12. The van der Waals surface area contributed by atoms with Gasteiger partial charge in [-0.1, -0.05) is 17.3 Å². The van der Waals surface area contributed by atoms with Crippen LogP contribution in [-0.4, -0.2) is 11.1 Å². The molecular weight excluding hydrogens is 223 g/mol. The van der Waals surface area contributed by atoms with Crippen LogP contribution in [-0.2, 0) is 11.2 Å². The van der Waals surface area contributed by atoms with Gasteiger partial charge in [-0.05, 0) is 19.1 Å². The number of para-hydroxylation sites is 1. The van der Waals surface area contributed by atoms with E-state index in [0.717, 1.165) is 0 Å². The Morgan fingerprint density at radius 3 is 2.88 bits per heavy atom. The summed E-state index contributed by atoms with van der Waals surface area (Å²) in [4.78, 5) is 11.6. The number of nitrogens with one attached hydrogen (secondary N) is 1. The van der Waals surface area contributed by atoms with Crippen LogP contribution in [0.4, 0.5) is 10.1 Å². The Hall–Kier alpha value is -2.17. The first kappa shape index (κ1) is 11.3. The summed E-state index contributed by atoms with van der Waals surface area (Å²) in [6.45, 7) is 1.74. The lowest BCUT2D eigenvalue weighted by molar-refractivity contribution is -0.115. The largest absolute Gasteiger partial charge is 0.361 e. The van der Waals surface area contributed by atoms with E-state index >= 15 is 0 Å². The van der Waals surface area contributed by atoms with Crippen molar-refractivity contribution in [3.8, 4) is 0 Å². The van der Waals surface area contributed by atoms with E-state index in [0.29, 0.717) is 11.5 Å². The molecule has 0 bridgehead atoms. The van der Waals surface area contributed by atoms with Gasteiger partial charge < -0.3 is 9.84 Å². The molecule has 1 N–H and O–H groups in total. The van der Waals surface area contributed by atoms with Crippen LogP contribution in [0.25, 0.3) is 0 Å². The van der Waals surface area contributed by atoms with Crippen LogP contribution in [0.1, 0.15) is 11.5 Å². The van der Waals surface area contributed by atoms with Crippen molar-refractivity contribution in [2.45, 2.75) is 13.3 Å². The van der Waals surface area contributed by atoms with Crippen LogP contribution in [0.2, 0.25) is 0 Å². The summed E-state index contributed by atoms with van der Waals surface area (Å²) in [5.74, 6) is -0.153. The summed E-state index contributed by atoms with van der Waals surface area (Å²) in [5.41, 5.74) is 0.689. The first-order chi connectivity index (χ1) is 8.15. The Bertz CT molecular complexity index is 537. The van der Waals surface area contributed by atoms with Crippen LogP contribution < -0.4 is 5.32 Å². The highest BCUT2D eigenvalue weighted by Crippen LogP contribution is 2.13. The number of halogens is 1. The second-order valence-electron chi connectivity index (χ2n) is 3.63. The van der Waals surface area contributed by atoms with Gasteiger partial charge in [-0.25, -0.2) is 4.39 Å². The Balaban J connectivity index is 2.01. The van der Waals surface area contributed by atoms with Crippen molar-refractivity contribution in [1.82, 2.24) is 5.16 Å². The smallest absolute Gasteiger partial charge is 0.230 e. The average Bonchev–Trinajstić information content (AvgIpc) is 2.67. The molecule has 1 aromatic carbocycles. The molecule has 1 heterocycles. The fraction of sp³-hybridized carbons (Fsp3) is 0.167. The van der Waals surface area contributed by atoms with Crippen molar-refractivity contribution < 1.29 is 13.7 Å². The van der Waals surface area contributed by atoms with Crippen molar-refractivity contribution in [2.75, 3.05) is 5.32 Å². The molecule has 0 spiro atoms. The molecule has 0 aliphatic rings. The van der Waals surface area contributed by atoms with Gasteiger partial charge in [0.15, 0.2) is 0 Å². The normalized spacial score (nSPS) is 10.2. The molecule has 0 unspecified atom stereocenters. The highest BCUT2D eigenvalue weighted by atomic mass is 19.1. The zero-order valence-electron chi connectivity index (χ0n) is 9.24. The van der Waals surface area contributed by atoms with E-state index in [1.54, 1.807) is 25.1 Å². The van der Waals surface area contributed by atoms with E-state index in [1.807, 2.05) is 0 Å². The van der Waals surface area contributed by atoms with Crippen LogP contribution in [0, 0.1) is 12.7 Å². The number of aromatic nitrogens is 1. The number of hydrogen-bond donors (Lipinski definition) is 1. The predicted octanol–water partition coefficient (Wildman–Crippen LogP) is 2.30. The van der Waals surface area contributed by atoms with Crippen molar-refractivity contribution in [2.24, 2.45) is 0 Å². The van der Waals surface area contributed by atoms with Crippen LogP contribution >= 0.6 is 0 Å². The van der Waals surface area contributed by atoms with Gasteiger partial charge >= 0.3 is 0 Å². The van der Waals surface area contributed by atoms with E-state index in [9.17, 15) is 9.18 Å². The molecule has 2 aromatic rings. The topological polar surface area (TPSA) is 55.1 Å². The monoisotopic (exact) mass is 234 g/mol. The van der Waals surface area contributed by atoms with Crippen LogP contribution in [0.5, 0.6) is 0 Å². The van der Waals surface area contributed by atoms with Gasteiger partial charge in [0.1, 0.15) is 11.6 Å². The third-order valence-corrected chi connectivity index (χ3v) is 2.17. The third kappa shape index (κ3) is 2.90. The molecule has 0 saturated carbocycles. The van der Waals surface area contributed by atoms with Gasteiger partial charge in [-0.2, -0.15) is 0 Å². The number of carbonyl (C=O) groups is 1. The van der Waals surface area contributed by atoms with Crippen molar-refractivity contribution >= 4 is 11.6 Å². The highest BCUT2D eigenvalue weighted by Gasteiger charge is 2.09. The number of carbonyl (C=O) groups excluding carboxylic acids is 1. The van der Waals surface area contributed by atoms with E-state index in [-0.39, 0.29) is 18.0 Å². The molecule has 88 valence electrons. The van der Waals surface area contributed by atoms with E-state index in [4.69, 9.17) is 4.52 Å². The maximum absolute atomic E-state index is 13.2. The summed E-state index contributed by atoms with van der Waals surface area (Å²) in [5, 5.41) is 6.16. The quantitative estimate of drug-likeness (QED) is 0.886. The van der Waals surface area contributed by atoms with Gasteiger partial charge in [0.25, 0.3) is 0 Å². The molecule has 5 heteroatoms. The fourth-order valence-corrected chi connectivity index (χ4v) is 1.42. The van der Waals surface area contributed by atoms with Gasteiger partial charge in [-0.3, -0.25) is 4.79 Å². The Labute approximate surface area is 97.4 Å². The van der Waals surface area contributed by atoms with Gasteiger partial charge in [0.05, 0.1) is 17.8 Å². The minimum Gasteiger partial charge on any atom is -0.361 e. The maximum Gasteiger partial charge on any atom is 0.230 e. The zero-order valence-corrected chi connectivity index (χ0v) is 9.24. The van der Waals surface area contributed by atoms with Crippen LogP contribution in [0.15, 0.2) is 34.9 Å². The van der Waals surface area contributed by atoms with Crippen molar-refractivity contribution in [1.29, 1.82) is 0 Å². The summed E-state index contributed by atoms with van der Waals surface area (Å²) in [6, 6.07) is 7.67. The average molecular weight is 234 g/mol. The molecule has 0 saturated heterocycles. The number of aryl methyl sites for hydroxylation is 1. The summed E-state index contributed by atoms with van der Waals surface area (Å²) in [6.07, 6.45) is 0.0612. The molecule has 17 heavy (non-hydrogen) atoms. The molecular formula is C12H11FN2O2. The number of rotatable bonds is 3. The minimum absolute atomic E-state index is 0.0612. The molecule has 2 rings (SSSR count). The Kier molecular flexibility index (Phi) is 3.18. The molecule has 1 aromatic heterocycles. The molecule has 0 radical (unpaired) electrons. The number of hydrogen-bond acceptors (Lipinski definition) is 3. The summed E-state index contributed by atoms with van der Waals surface area (Å²) in [7, 11) is 0. The highest BCUT2D eigenvalue weighted by molar-refractivity contribution is 5.92. The first-order valence-electron chi connectivity index (χ1n) is 5.12. The van der Waals surface area contributed by atoms with E-state index < -0.39 is 5.82 Å². The summed E-state index contributed by atoms with van der Waals surface area (Å²) < 4.78 is 18.1. The van der Waals surface area contributed by atoms with Gasteiger partial charge in [-0.15, -0.1) is 0 Å². The summed E-state index contributed by atoms with van der Waals surface area (Å²) >= 11 is 0. The molecule has 0 fully saturated rings. The lowest BCUT2D eigenvalue weighted by Crippen LogP contribution is -2.15. The SMILES string of the molecule is Cc1cc(CC(=O)Nc2ccccc2F)no1. The molecule has 1 amide bonds. The second kappa shape index (κ2) is 4.78. The minimum atomic E-state index is -0.461. The van der Waals surface area contributed by atoms with Gasteiger partial charge in [0.2, 0.25) is 5.91 Å². The van der Waals surface area contributed by atoms with E-state index in [2.05, 4.69) is 10.5 Å². The Morgan fingerprint density at radius 2 is 2.24 bits per heavy atom. The number of benzene rings is 1. The van der Waals surface area contributed by atoms with E-state index in [1.165, 1.54) is 12.1 Å². The predicted molar refractivity (Wildman–Crippen MR) is 60.0 cm³/mol. The second-order valence-corrected chi connectivity index (χ2v) is 3.63. The molecule has 4 nitrogen and oxygen atoms in total. The maximum atomic E-state index is 13.2. The number of nitrogens with zero attached hydrogens (tertiary/aromatic N) is 1. The van der Waals surface area contributed by atoms with Gasteiger partial charge in [0, 0.05) is 6.07 Å². The fourth-order valence-electron chi connectivity index (χ4n) is 1.42. The van der Waals surface area contributed by atoms with Crippen molar-refractivity contribution in [3.63, 3.8) is 0 Å².